The van der Waals surface area contributed by atoms with E-state index in [1.54, 1.807) is 0 Å². The van der Waals surface area contributed by atoms with Gasteiger partial charge in [0, 0.05) is 39.1 Å². The Hall–Kier alpha value is -0.610. The topological polar surface area (TPSA) is 44.9 Å². The molecule has 0 aromatic heterocycles. The number of hydrogen-bond donors (Lipinski definition) is 1. The molecule has 1 unspecified atom stereocenters. The van der Waals surface area contributed by atoms with Crippen molar-refractivity contribution in [3.05, 3.63) is 0 Å². The van der Waals surface area contributed by atoms with E-state index >= 15 is 0 Å². The number of hydrogen-bond acceptors (Lipinski definition) is 4. The van der Waals surface area contributed by atoms with Gasteiger partial charge < -0.3 is 15.5 Å². The Morgan fingerprint density at radius 1 is 1.24 bits per heavy atom. The minimum Gasteiger partial charge on any atom is -0.387 e. The minimum absolute atomic E-state index is 0.483. The van der Waals surface area contributed by atoms with Crippen molar-refractivity contribution in [2.24, 2.45) is 10.7 Å². The number of nitrogens with zero attached hydrogens (tertiary/aromatic N) is 3. The quantitative estimate of drug-likeness (QED) is 0.795. The highest BCUT2D eigenvalue weighted by Crippen LogP contribution is 2.15. The lowest BCUT2D eigenvalue weighted by Gasteiger charge is -2.32. The van der Waals surface area contributed by atoms with Crippen molar-refractivity contribution in [1.82, 2.24) is 9.80 Å². The highest BCUT2D eigenvalue weighted by atomic mass is 15.2. The first kappa shape index (κ1) is 12.8. The van der Waals surface area contributed by atoms with Gasteiger partial charge in [-0.05, 0) is 26.3 Å². The number of piperazine rings is 1. The first-order valence-electron chi connectivity index (χ1n) is 6.97. The number of nitrogens with two attached hydrogens (primary N) is 1. The first-order valence-corrected chi connectivity index (χ1v) is 6.97. The van der Waals surface area contributed by atoms with Crippen LogP contribution in [0.1, 0.15) is 32.1 Å². The van der Waals surface area contributed by atoms with Crippen molar-refractivity contribution in [2.75, 3.05) is 39.8 Å². The molecule has 0 amide bonds. The lowest BCUT2D eigenvalue weighted by molar-refractivity contribution is 0.150. The van der Waals surface area contributed by atoms with Gasteiger partial charge in [0.05, 0.1) is 11.9 Å². The molecule has 0 saturated carbocycles. The first-order chi connectivity index (χ1) is 8.24. The van der Waals surface area contributed by atoms with Crippen molar-refractivity contribution < 1.29 is 0 Å². The van der Waals surface area contributed by atoms with E-state index in [-0.39, 0.29) is 0 Å². The van der Waals surface area contributed by atoms with Gasteiger partial charge in [-0.2, -0.15) is 0 Å². The Bertz CT molecular complexity index is 256. The van der Waals surface area contributed by atoms with Gasteiger partial charge in [-0.1, -0.05) is 6.42 Å². The highest BCUT2D eigenvalue weighted by molar-refractivity contribution is 5.80. The Morgan fingerprint density at radius 3 is 2.76 bits per heavy atom. The van der Waals surface area contributed by atoms with Crippen LogP contribution in [0.25, 0.3) is 0 Å². The maximum Gasteiger partial charge on any atom is 0.0940 e. The molecule has 0 spiro atoms. The molecule has 1 fully saturated rings. The van der Waals surface area contributed by atoms with E-state index in [1.165, 1.54) is 58.4 Å². The van der Waals surface area contributed by atoms with Crippen molar-refractivity contribution in [3.63, 3.8) is 0 Å². The fourth-order valence-electron chi connectivity index (χ4n) is 2.66. The second kappa shape index (κ2) is 6.36. The van der Waals surface area contributed by atoms with Crippen molar-refractivity contribution in [3.8, 4) is 0 Å². The molecule has 0 aromatic rings. The molecule has 0 aromatic carbocycles. The normalized spacial score (nSPS) is 28.8. The maximum atomic E-state index is 5.88. The zero-order chi connectivity index (χ0) is 12.1. The molecular formula is C13H26N4. The summed E-state index contributed by atoms with van der Waals surface area (Å²) in [4.78, 5) is 9.60. The Balaban J connectivity index is 1.72. The molecule has 4 heteroatoms. The van der Waals surface area contributed by atoms with Crippen LogP contribution >= 0.6 is 0 Å². The molecule has 1 saturated heterocycles. The number of likely N-dealkylation sites (N-methyl/N-ethyl adjacent to an activating group) is 1. The molecule has 17 heavy (non-hydrogen) atoms. The summed E-state index contributed by atoms with van der Waals surface area (Å²) >= 11 is 0. The molecular weight excluding hydrogens is 212 g/mol. The molecule has 2 aliphatic heterocycles. The number of aliphatic imine (C=N–C) groups is 1. The van der Waals surface area contributed by atoms with Crippen LogP contribution in [0.2, 0.25) is 0 Å². The van der Waals surface area contributed by atoms with E-state index < -0.39 is 0 Å². The second-order valence-electron chi connectivity index (χ2n) is 5.45. The second-order valence-corrected chi connectivity index (χ2v) is 5.45. The van der Waals surface area contributed by atoms with Gasteiger partial charge in [0.25, 0.3) is 0 Å². The molecule has 0 bridgehead atoms. The standard InChI is InChI=1S/C13H26N4/c1-16-8-10-17(11-9-16)7-6-12-4-2-3-5-13(14)15-12/h12H,2-11H2,1H3,(H2,14,15). The Labute approximate surface area is 105 Å². The van der Waals surface area contributed by atoms with Crippen LogP contribution in [-0.4, -0.2) is 61.4 Å². The zero-order valence-electron chi connectivity index (χ0n) is 11.1. The third-order valence-electron chi connectivity index (χ3n) is 3.94. The van der Waals surface area contributed by atoms with Gasteiger partial charge in [-0.15, -0.1) is 0 Å². The predicted molar refractivity (Wildman–Crippen MR) is 72.4 cm³/mol. The third-order valence-corrected chi connectivity index (χ3v) is 3.94. The Morgan fingerprint density at radius 2 is 2.00 bits per heavy atom. The van der Waals surface area contributed by atoms with Gasteiger partial charge in [-0.3, -0.25) is 4.99 Å². The highest BCUT2D eigenvalue weighted by Gasteiger charge is 2.16. The van der Waals surface area contributed by atoms with Gasteiger partial charge in [0.2, 0.25) is 0 Å². The Kier molecular flexibility index (Phi) is 4.80. The van der Waals surface area contributed by atoms with E-state index in [0.717, 1.165) is 12.3 Å². The van der Waals surface area contributed by atoms with E-state index in [0.29, 0.717) is 6.04 Å². The zero-order valence-corrected chi connectivity index (χ0v) is 11.1. The summed E-state index contributed by atoms with van der Waals surface area (Å²) in [6.07, 6.45) is 5.93. The fraction of sp³-hybridized carbons (Fsp3) is 0.923. The molecule has 1 atom stereocenters. The molecule has 2 aliphatic rings. The van der Waals surface area contributed by atoms with Crippen LogP contribution in [0.5, 0.6) is 0 Å². The van der Waals surface area contributed by atoms with E-state index in [4.69, 9.17) is 5.73 Å². The molecule has 2 N–H and O–H groups in total. The third kappa shape index (κ3) is 4.28. The average molecular weight is 238 g/mol. The smallest absolute Gasteiger partial charge is 0.0940 e. The molecule has 4 nitrogen and oxygen atoms in total. The van der Waals surface area contributed by atoms with Crippen molar-refractivity contribution in [2.45, 2.75) is 38.1 Å². The SMILES string of the molecule is CN1CCN(CCC2CCCCC(N)=N2)CC1. The summed E-state index contributed by atoms with van der Waals surface area (Å²) in [6.45, 7) is 6.02. The van der Waals surface area contributed by atoms with Crippen LogP contribution in [0.4, 0.5) is 0 Å². The summed E-state index contributed by atoms with van der Waals surface area (Å²) in [6, 6.07) is 0.483. The molecule has 2 heterocycles. The summed E-state index contributed by atoms with van der Waals surface area (Å²) in [5, 5.41) is 0. The molecule has 0 aliphatic carbocycles. The summed E-state index contributed by atoms with van der Waals surface area (Å²) in [5.41, 5.74) is 5.88. The largest absolute Gasteiger partial charge is 0.387 e. The van der Waals surface area contributed by atoms with Crippen molar-refractivity contribution >= 4 is 5.84 Å². The van der Waals surface area contributed by atoms with Crippen LogP contribution in [-0.2, 0) is 0 Å². The molecule has 2 rings (SSSR count). The van der Waals surface area contributed by atoms with Gasteiger partial charge in [-0.25, -0.2) is 0 Å². The van der Waals surface area contributed by atoms with Crippen LogP contribution < -0.4 is 5.73 Å². The number of amidine groups is 1. The van der Waals surface area contributed by atoms with Crippen molar-refractivity contribution in [1.29, 1.82) is 0 Å². The minimum atomic E-state index is 0.483. The van der Waals surface area contributed by atoms with Gasteiger partial charge in [0.1, 0.15) is 0 Å². The van der Waals surface area contributed by atoms with Crippen LogP contribution in [0, 0.1) is 0 Å². The predicted octanol–water partition coefficient (Wildman–Crippen LogP) is 0.924. The number of rotatable bonds is 3. The maximum absolute atomic E-state index is 5.88. The van der Waals surface area contributed by atoms with E-state index in [9.17, 15) is 0 Å². The fourth-order valence-corrected chi connectivity index (χ4v) is 2.66. The summed E-state index contributed by atoms with van der Waals surface area (Å²) < 4.78 is 0. The van der Waals surface area contributed by atoms with Crippen LogP contribution in [0.3, 0.4) is 0 Å². The van der Waals surface area contributed by atoms with E-state index in [1.807, 2.05) is 0 Å². The summed E-state index contributed by atoms with van der Waals surface area (Å²) in [5.74, 6) is 0.880. The van der Waals surface area contributed by atoms with Gasteiger partial charge in [0.15, 0.2) is 0 Å². The lowest BCUT2D eigenvalue weighted by atomic mass is 10.1. The van der Waals surface area contributed by atoms with Crippen LogP contribution in [0.15, 0.2) is 4.99 Å². The summed E-state index contributed by atoms with van der Waals surface area (Å²) in [7, 11) is 2.20. The van der Waals surface area contributed by atoms with E-state index in [2.05, 4.69) is 21.8 Å². The molecule has 0 radical (unpaired) electrons. The lowest BCUT2D eigenvalue weighted by Crippen LogP contribution is -2.45. The average Bonchev–Trinajstić information content (AvgIpc) is 2.53. The van der Waals surface area contributed by atoms with Gasteiger partial charge >= 0.3 is 0 Å². The molecule has 98 valence electrons. The monoisotopic (exact) mass is 238 g/mol.